The van der Waals surface area contributed by atoms with E-state index in [2.05, 4.69) is 0 Å². The Bertz CT molecular complexity index is 615. The number of aliphatic carboxylic acids is 1. The zero-order valence-corrected chi connectivity index (χ0v) is 9.45. The van der Waals surface area contributed by atoms with E-state index in [-0.39, 0.29) is 12.0 Å². The van der Waals surface area contributed by atoms with Crippen molar-refractivity contribution in [3.05, 3.63) is 39.2 Å². The quantitative estimate of drug-likeness (QED) is 0.868. The number of hydrogen-bond donors (Lipinski definition) is 1. The lowest BCUT2D eigenvalue weighted by Crippen LogP contribution is -2.14. The molecule has 2 aromatic heterocycles. The lowest BCUT2D eigenvalue weighted by Gasteiger charge is -2.04. The highest BCUT2D eigenvalue weighted by atomic mass is 31.0. The van der Waals surface area contributed by atoms with Crippen LogP contribution in [0.1, 0.15) is 11.1 Å². The van der Waals surface area contributed by atoms with Crippen LogP contribution in [0.3, 0.4) is 0 Å². The van der Waals surface area contributed by atoms with Gasteiger partial charge in [-0.1, -0.05) is 8.19 Å². The van der Waals surface area contributed by atoms with Crippen LogP contribution in [0.25, 0.3) is 11.0 Å². The maximum absolute atomic E-state index is 11.6. The minimum absolute atomic E-state index is 0.225. The summed E-state index contributed by atoms with van der Waals surface area (Å²) >= 11 is 0. The molecule has 0 aliphatic rings. The van der Waals surface area contributed by atoms with Crippen LogP contribution in [0, 0.1) is 6.92 Å². The van der Waals surface area contributed by atoms with Gasteiger partial charge >= 0.3 is 11.6 Å². The minimum atomic E-state index is -1.03. The van der Waals surface area contributed by atoms with E-state index in [1.54, 1.807) is 12.7 Å². The monoisotopic (exact) mass is 236 g/mol. The molecule has 2 aromatic rings. The van der Waals surface area contributed by atoms with Crippen molar-refractivity contribution in [1.82, 2.24) is 0 Å². The number of fused-ring (bicyclic) bond motifs is 1. The summed E-state index contributed by atoms with van der Waals surface area (Å²) < 4.78 is 5.08. The number of rotatable bonds is 2. The fraction of sp³-hybridized carbons (Fsp3) is 0.182. The Morgan fingerprint density at radius 1 is 1.56 bits per heavy atom. The first-order valence-electron chi connectivity index (χ1n) is 4.67. The molecule has 0 saturated carbocycles. The molecule has 0 aliphatic heterocycles. The predicted molar refractivity (Wildman–Crippen MR) is 61.1 cm³/mol. The maximum Gasteiger partial charge on any atom is 0.340 e. The lowest BCUT2D eigenvalue weighted by molar-refractivity contribution is -0.136. The molecule has 0 aromatic carbocycles. The summed E-state index contributed by atoms with van der Waals surface area (Å²) in [7, 11) is 0.960. The first-order valence-corrected chi connectivity index (χ1v) is 5.71. The number of hydrogen-bond acceptors (Lipinski definition) is 3. The molecular weight excluding hydrogens is 227 g/mol. The van der Waals surface area contributed by atoms with Gasteiger partial charge in [0, 0.05) is 11.2 Å². The molecule has 5 heteroatoms. The molecule has 0 bridgehead atoms. The van der Waals surface area contributed by atoms with Crippen molar-refractivity contribution in [1.29, 1.82) is 0 Å². The normalized spacial score (nSPS) is 11.1. The van der Waals surface area contributed by atoms with E-state index in [4.69, 9.17) is 9.52 Å². The summed E-state index contributed by atoms with van der Waals surface area (Å²) in [5.41, 5.74) is 0.889. The van der Waals surface area contributed by atoms with E-state index in [1.807, 2.05) is 11.9 Å². The molecule has 0 fully saturated rings. The molecule has 2 heterocycles. The first kappa shape index (κ1) is 10.8. The van der Waals surface area contributed by atoms with Gasteiger partial charge in [0.1, 0.15) is 5.58 Å². The van der Waals surface area contributed by atoms with Crippen LogP contribution < -0.4 is 5.63 Å². The van der Waals surface area contributed by atoms with Crippen molar-refractivity contribution in [3.63, 3.8) is 0 Å². The zero-order chi connectivity index (χ0) is 11.7. The van der Waals surface area contributed by atoms with E-state index in [0.717, 1.165) is 13.6 Å². The molecule has 0 unspecified atom stereocenters. The van der Waals surface area contributed by atoms with Crippen molar-refractivity contribution in [2.75, 3.05) is 0 Å². The van der Waals surface area contributed by atoms with Gasteiger partial charge in [-0.15, -0.1) is 0 Å². The van der Waals surface area contributed by atoms with Crippen LogP contribution in [0.4, 0.5) is 0 Å². The Kier molecular flexibility index (Phi) is 2.75. The SMILES string of the molecule is Cc1c(CC(=O)O)c(=O)oc2cpccc12. The second-order valence-electron chi connectivity index (χ2n) is 3.44. The molecule has 4 nitrogen and oxygen atoms in total. The summed E-state index contributed by atoms with van der Waals surface area (Å²) in [6, 6.07) is 1.85. The summed E-state index contributed by atoms with van der Waals surface area (Å²) in [5.74, 6) is 2.67. The van der Waals surface area contributed by atoms with Crippen LogP contribution in [0.2, 0.25) is 0 Å². The van der Waals surface area contributed by atoms with Crippen LogP contribution in [-0.4, -0.2) is 11.1 Å². The fourth-order valence-electron chi connectivity index (χ4n) is 1.60. The molecule has 0 spiro atoms. The van der Waals surface area contributed by atoms with Crippen molar-refractivity contribution in [3.8, 4) is 0 Å². The highest BCUT2D eigenvalue weighted by Crippen LogP contribution is 2.22. The molecule has 0 aliphatic carbocycles. The van der Waals surface area contributed by atoms with E-state index in [1.165, 1.54) is 0 Å². The van der Waals surface area contributed by atoms with Crippen LogP contribution in [0.15, 0.2) is 26.9 Å². The van der Waals surface area contributed by atoms with E-state index < -0.39 is 11.6 Å². The van der Waals surface area contributed by atoms with Crippen molar-refractivity contribution in [2.24, 2.45) is 0 Å². The number of carboxylic acid groups (broad SMARTS) is 1. The van der Waals surface area contributed by atoms with Crippen molar-refractivity contribution < 1.29 is 14.3 Å². The van der Waals surface area contributed by atoms with Crippen molar-refractivity contribution in [2.45, 2.75) is 13.3 Å². The predicted octanol–water partition coefficient (Wildman–Crippen LogP) is 2.31. The van der Waals surface area contributed by atoms with E-state index >= 15 is 0 Å². The van der Waals surface area contributed by atoms with Crippen molar-refractivity contribution >= 4 is 25.1 Å². The topological polar surface area (TPSA) is 67.5 Å². The van der Waals surface area contributed by atoms with Crippen LogP contribution in [-0.2, 0) is 11.2 Å². The van der Waals surface area contributed by atoms with Gasteiger partial charge < -0.3 is 9.52 Å². The van der Waals surface area contributed by atoms with Gasteiger partial charge in [0.25, 0.3) is 0 Å². The van der Waals surface area contributed by atoms with E-state index in [9.17, 15) is 9.59 Å². The van der Waals surface area contributed by atoms with Gasteiger partial charge in [-0.25, -0.2) is 4.79 Å². The summed E-state index contributed by atoms with van der Waals surface area (Å²) in [6.45, 7) is 1.74. The average Bonchev–Trinajstić information content (AvgIpc) is 2.24. The molecular formula is C11H9O4P. The summed E-state index contributed by atoms with van der Waals surface area (Å²) in [4.78, 5) is 22.2. The van der Waals surface area contributed by atoms with Gasteiger partial charge in [-0.3, -0.25) is 4.79 Å². The highest BCUT2D eigenvalue weighted by Gasteiger charge is 2.13. The smallest absolute Gasteiger partial charge is 0.340 e. The minimum Gasteiger partial charge on any atom is -0.481 e. The Labute approximate surface area is 92.6 Å². The van der Waals surface area contributed by atoms with Gasteiger partial charge in [-0.2, -0.15) is 0 Å². The third kappa shape index (κ3) is 1.84. The van der Waals surface area contributed by atoms with Gasteiger partial charge in [0.2, 0.25) is 0 Å². The highest BCUT2D eigenvalue weighted by molar-refractivity contribution is 7.28. The Morgan fingerprint density at radius 2 is 2.31 bits per heavy atom. The summed E-state index contributed by atoms with van der Waals surface area (Å²) in [6.07, 6.45) is -0.299. The third-order valence-electron chi connectivity index (χ3n) is 2.42. The van der Waals surface area contributed by atoms with Gasteiger partial charge in [-0.05, 0) is 24.4 Å². The summed E-state index contributed by atoms with van der Waals surface area (Å²) in [5, 5.41) is 9.51. The number of carboxylic acids is 1. The first-order chi connectivity index (χ1) is 7.59. The molecule has 0 atom stereocenters. The largest absolute Gasteiger partial charge is 0.481 e. The number of aryl methyl sites for hydroxylation is 1. The number of carbonyl (C=O) groups is 1. The average molecular weight is 236 g/mol. The molecule has 0 amide bonds. The second kappa shape index (κ2) is 4.06. The standard InChI is InChI=1S/C11H9O4P/c1-6-7-2-3-16-5-9(7)15-11(14)8(6)4-10(12)13/h2-3,5H,4H2,1H3,(H,12,13). The van der Waals surface area contributed by atoms with Gasteiger partial charge in [0.15, 0.2) is 0 Å². The Hall–Kier alpha value is -1.67. The fourth-order valence-corrected chi connectivity index (χ4v) is 2.25. The third-order valence-corrected chi connectivity index (χ3v) is 3.12. The zero-order valence-electron chi connectivity index (χ0n) is 8.56. The Morgan fingerprint density at radius 3 is 3.00 bits per heavy atom. The Balaban J connectivity index is 2.75. The van der Waals surface area contributed by atoms with E-state index in [0.29, 0.717) is 11.1 Å². The molecule has 16 heavy (non-hydrogen) atoms. The lowest BCUT2D eigenvalue weighted by atomic mass is 10.1. The molecule has 2 rings (SSSR count). The molecule has 82 valence electrons. The van der Waals surface area contributed by atoms with Gasteiger partial charge in [0.05, 0.1) is 12.0 Å². The maximum atomic E-state index is 11.6. The molecule has 0 saturated heterocycles. The second-order valence-corrected chi connectivity index (χ2v) is 4.29. The molecule has 1 N–H and O–H groups in total. The molecule has 0 radical (unpaired) electrons. The van der Waals surface area contributed by atoms with Crippen LogP contribution >= 0.6 is 8.19 Å². The van der Waals surface area contributed by atoms with Crippen LogP contribution in [0.5, 0.6) is 0 Å².